The van der Waals surface area contributed by atoms with Crippen LogP contribution in [0.15, 0.2) is 24.8 Å². The summed E-state index contributed by atoms with van der Waals surface area (Å²) in [5.74, 6) is 0.953. The minimum atomic E-state index is -1.06. The van der Waals surface area contributed by atoms with E-state index in [0.717, 1.165) is 24.9 Å². The Balaban J connectivity index is 1.76. The van der Waals surface area contributed by atoms with Crippen LogP contribution in [0.4, 0.5) is 15.3 Å². The number of alkyl carbamates (subject to hydrolysis) is 1. The largest absolute Gasteiger partial charge is 0.493 e. The van der Waals surface area contributed by atoms with Gasteiger partial charge in [-0.25, -0.2) is 14.5 Å². The monoisotopic (exact) mass is 491 g/mol. The van der Waals surface area contributed by atoms with Gasteiger partial charge in [-0.15, -0.1) is 0 Å². The quantitative estimate of drug-likeness (QED) is 0.421. The summed E-state index contributed by atoms with van der Waals surface area (Å²) in [4.78, 5) is 28.2. The van der Waals surface area contributed by atoms with Crippen LogP contribution in [0, 0.1) is 0 Å². The Kier molecular flexibility index (Phi) is 8.85. The molecule has 0 aromatic heterocycles. The van der Waals surface area contributed by atoms with Gasteiger partial charge < -0.3 is 29.4 Å². The SMILES string of the molecule is C=CCOC(=O)N1c2cc(OCCCNC(=O)OC(C)(C)C)c(OC)cc2CN2CCCC2C1O. The van der Waals surface area contributed by atoms with Crippen LogP contribution in [0.2, 0.25) is 0 Å². The molecule has 2 aliphatic rings. The van der Waals surface area contributed by atoms with Crippen molar-refractivity contribution in [3.8, 4) is 11.5 Å². The van der Waals surface area contributed by atoms with Crippen LogP contribution in [-0.4, -0.2) is 73.5 Å². The number of carbonyl (C=O) groups is 2. The van der Waals surface area contributed by atoms with Gasteiger partial charge in [-0.05, 0) is 58.2 Å². The molecule has 1 fully saturated rings. The van der Waals surface area contributed by atoms with E-state index in [9.17, 15) is 14.7 Å². The fraction of sp³-hybridized carbons (Fsp3) is 0.600. The first-order valence-corrected chi connectivity index (χ1v) is 11.9. The van der Waals surface area contributed by atoms with Crippen molar-refractivity contribution in [2.24, 2.45) is 0 Å². The fourth-order valence-electron chi connectivity index (χ4n) is 4.30. The van der Waals surface area contributed by atoms with Crippen LogP contribution in [-0.2, 0) is 16.0 Å². The van der Waals surface area contributed by atoms with Crippen LogP contribution < -0.4 is 19.7 Å². The Morgan fingerprint density at radius 1 is 1.29 bits per heavy atom. The molecule has 2 amide bonds. The number of aliphatic hydroxyl groups excluding tert-OH is 1. The van der Waals surface area contributed by atoms with E-state index in [1.54, 1.807) is 33.9 Å². The molecule has 0 bridgehead atoms. The summed E-state index contributed by atoms with van der Waals surface area (Å²) in [6, 6.07) is 3.36. The van der Waals surface area contributed by atoms with Gasteiger partial charge >= 0.3 is 12.2 Å². The van der Waals surface area contributed by atoms with E-state index < -0.39 is 24.0 Å². The first-order chi connectivity index (χ1) is 16.6. The Labute approximate surface area is 206 Å². The molecule has 3 rings (SSSR count). The molecule has 2 atom stereocenters. The van der Waals surface area contributed by atoms with Crippen molar-refractivity contribution >= 4 is 17.9 Å². The highest BCUT2D eigenvalue weighted by Crippen LogP contribution is 2.41. The molecule has 1 saturated heterocycles. The molecule has 35 heavy (non-hydrogen) atoms. The van der Waals surface area contributed by atoms with Crippen molar-refractivity contribution in [3.05, 3.63) is 30.4 Å². The lowest BCUT2D eigenvalue weighted by Gasteiger charge is -2.31. The molecule has 0 aliphatic carbocycles. The van der Waals surface area contributed by atoms with Crippen LogP contribution in [0.3, 0.4) is 0 Å². The summed E-state index contributed by atoms with van der Waals surface area (Å²) in [5.41, 5.74) is 0.789. The average Bonchev–Trinajstić information content (AvgIpc) is 3.21. The van der Waals surface area contributed by atoms with Crippen LogP contribution in [0.5, 0.6) is 11.5 Å². The number of ether oxygens (including phenoxy) is 4. The summed E-state index contributed by atoms with van der Waals surface area (Å²) in [6.07, 6.45) is 1.55. The zero-order valence-corrected chi connectivity index (χ0v) is 21.0. The van der Waals surface area contributed by atoms with Gasteiger partial charge in [-0.3, -0.25) is 4.90 Å². The Hall–Kier alpha value is -2.98. The van der Waals surface area contributed by atoms with E-state index in [4.69, 9.17) is 18.9 Å². The number of carbonyl (C=O) groups excluding carboxylic acids is 2. The van der Waals surface area contributed by atoms with Gasteiger partial charge in [0.25, 0.3) is 0 Å². The van der Waals surface area contributed by atoms with Crippen molar-refractivity contribution in [1.82, 2.24) is 10.2 Å². The topological polar surface area (TPSA) is 110 Å². The van der Waals surface area contributed by atoms with E-state index in [1.807, 2.05) is 6.07 Å². The summed E-state index contributed by atoms with van der Waals surface area (Å²) in [6.45, 7) is 11.1. The number of rotatable bonds is 8. The second-order valence-corrected chi connectivity index (χ2v) is 9.59. The summed E-state index contributed by atoms with van der Waals surface area (Å²) >= 11 is 0. The van der Waals surface area contributed by atoms with E-state index >= 15 is 0 Å². The summed E-state index contributed by atoms with van der Waals surface area (Å²) < 4.78 is 22.0. The Morgan fingerprint density at radius 3 is 2.74 bits per heavy atom. The van der Waals surface area contributed by atoms with E-state index in [1.165, 1.54) is 11.0 Å². The molecule has 2 aliphatic heterocycles. The lowest BCUT2D eigenvalue weighted by Crippen LogP contribution is -2.50. The molecule has 0 spiro atoms. The number of hydrogen-bond acceptors (Lipinski definition) is 8. The van der Waals surface area contributed by atoms with Crippen molar-refractivity contribution in [2.75, 3.05) is 38.3 Å². The molecular weight excluding hydrogens is 454 g/mol. The zero-order chi connectivity index (χ0) is 25.6. The molecule has 194 valence electrons. The third-order valence-electron chi connectivity index (χ3n) is 5.79. The van der Waals surface area contributed by atoms with E-state index in [0.29, 0.717) is 43.3 Å². The first-order valence-electron chi connectivity index (χ1n) is 11.9. The minimum absolute atomic E-state index is 0.0376. The lowest BCUT2D eigenvalue weighted by atomic mass is 10.1. The first kappa shape index (κ1) is 26.6. The molecule has 0 saturated carbocycles. The molecule has 10 nitrogen and oxygen atoms in total. The predicted molar refractivity (Wildman–Crippen MR) is 131 cm³/mol. The van der Waals surface area contributed by atoms with Crippen molar-refractivity contribution in [3.63, 3.8) is 0 Å². The maximum atomic E-state index is 13.0. The maximum absolute atomic E-state index is 13.0. The Morgan fingerprint density at radius 2 is 2.06 bits per heavy atom. The molecular formula is C25H37N3O7. The number of anilines is 1. The molecule has 0 radical (unpaired) electrons. The van der Waals surface area contributed by atoms with Gasteiger partial charge in [0.05, 0.1) is 25.4 Å². The molecule has 1 aromatic rings. The number of nitrogens with one attached hydrogen (secondary N) is 1. The third kappa shape index (κ3) is 6.79. The molecule has 1 aromatic carbocycles. The van der Waals surface area contributed by atoms with Crippen molar-refractivity contribution in [1.29, 1.82) is 0 Å². The average molecular weight is 492 g/mol. The molecule has 2 unspecified atom stereocenters. The molecule has 2 N–H and O–H groups in total. The van der Waals surface area contributed by atoms with Crippen LogP contribution in [0.25, 0.3) is 0 Å². The van der Waals surface area contributed by atoms with Gasteiger partial charge in [0.2, 0.25) is 0 Å². The minimum Gasteiger partial charge on any atom is -0.493 e. The van der Waals surface area contributed by atoms with E-state index in [2.05, 4.69) is 16.8 Å². The van der Waals surface area contributed by atoms with Gasteiger partial charge in [0.1, 0.15) is 12.2 Å². The van der Waals surface area contributed by atoms with Crippen molar-refractivity contribution < 1.29 is 33.6 Å². The summed E-state index contributed by atoms with van der Waals surface area (Å²) in [7, 11) is 1.55. The standard InChI is InChI=1S/C25H37N3O7/c1-6-12-34-24(31)28-19-15-21(33-13-8-10-26-23(30)35-25(2,3)4)20(32-5)14-17(19)16-27-11-7-9-18(27)22(28)29/h6,14-15,18,22,29H,1,7-13,16H2,2-5H3,(H,26,30). The van der Waals surface area contributed by atoms with Gasteiger partial charge in [0, 0.05) is 19.2 Å². The second-order valence-electron chi connectivity index (χ2n) is 9.59. The third-order valence-corrected chi connectivity index (χ3v) is 5.79. The number of nitrogens with zero attached hydrogens (tertiary/aromatic N) is 2. The highest BCUT2D eigenvalue weighted by atomic mass is 16.6. The fourth-order valence-corrected chi connectivity index (χ4v) is 4.30. The second kappa shape index (κ2) is 11.6. The number of aliphatic hydroxyl groups is 1. The van der Waals surface area contributed by atoms with Gasteiger partial charge in [-0.2, -0.15) is 0 Å². The normalized spacial score (nSPS) is 19.7. The zero-order valence-electron chi connectivity index (χ0n) is 21.0. The number of benzene rings is 1. The highest BCUT2D eigenvalue weighted by molar-refractivity contribution is 5.90. The number of fused-ring (bicyclic) bond motifs is 2. The Bertz CT molecular complexity index is 915. The number of amides is 2. The van der Waals surface area contributed by atoms with E-state index in [-0.39, 0.29) is 12.6 Å². The van der Waals surface area contributed by atoms with Gasteiger partial charge in [0.15, 0.2) is 17.7 Å². The lowest BCUT2D eigenvalue weighted by molar-refractivity contribution is 0.0525. The van der Waals surface area contributed by atoms with Gasteiger partial charge in [-0.1, -0.05) is 12.7 Å². The summed E-state index contributed by atoms with van der Waals surface area (Å²) in [5, 5.41) is 13.9. The highest BCUT2D eigenvalue weighted by Gasteiger charge is 2.41. The molecule has 2 heterocycles. The maximum Gasteiger partial charge on any atom is 0.416 e. The predicted octanol–water partition coefficient (Wildman–Crippen LogP) is 3.41. The number of methoxy groups -OCH3 is 1. The van der Waals surface area contributed by atoms with Crippen molar-refractivity contribution in [2.45, 2.75) is 64.4 Å². The van der Waals surface area contributed by atoms with Crippen LogP contribution >= 0.6 is 0 Å². The van der Waals surface area contributed by atoms with Crippen LogP contribution in [0.1, 0.15) is 45.6 Å². The number of hydrogen-bond donors (Lipinski definition) is 2. The molecule has 10 heteroatoms. The smallest absolute Gasteiger partial charge is 0.416 e.